The lowest BCUT2D eigenvalue weighted by Crippen LogP contribution is -2.23. The highest BCUT2D eigenvalue weighted by Crippen LogP contribution is 2.19. The van der Waals surface area contributed by atoms with Crippen LogP contribution < -0.4 is 5.32 Å². The molecule has 0 fully saturated rings. The molecule has 1 atom stereocenters. The van der Waals surface area contributed by atoms with Gasteiger partial charge in [-0.15, -0.1) is 0 Å². The van der Waals surface area contributed by atoms with Crippen molar-refractivity contribution in [3.05, 3.63) is 11.5 Å². The van der Waals surface area contributed by atoms with E-state index < -0.39 is 0 Å². The summed E-state index contributed by atoms with van der Waals surface area (Å²) in [4.78, 5) is 16.3. The van der Waals surface area contributed by atoms with Crippen LogP contribution in [0.25, 0.3) is 0 Å². The molecule has 0 bridgehead atoms. The van der Waals surface area contributed by atoms with Gasteiger partial charge in [0.15, 0.2) is 0 Å². The number of oxazole rings is 1. The number of hydrogen-bond acceptors (Lipinski definition) is 3. The molecular weight excluding hydrogens is 228 g/mol. The predicted octanol–water partition coefficient (Wildman–Crippen LogP) is 3.84. The number of aryl methyl sites for hydroxylation is 2. The van der Waals surface area contributed by atoms with Gasteiger partial charge in [-0.05, 0) is 26.7 Å². The SMILES string of the molecule is CCCCC(CCC)C(=O)Nc1nc(C)c(C)o1. The Balaban J connectivity index is 2.59. The largest absolute Gasteiger partial charge is 0.428 e. The summed E-state index contributed by atoms with van der Waals surface area (Å²) in [6.45, 7) is 7.96. The minimum absolute atomic E-state index is 0.0338. The molecule has 18 heavy (non-hydrogen) atoms. The summed E-state index contributed by atoms with van der Waals surface area (Å²) in [5.41, 5.74) is 0.825. The van der Waals surface area contributed by atoms with Gasteiger partial charge in [0, 0.05) is 5.92 Å². The van der Waals surface area contributed by atoms with Crippen molar-refractivity contribution >= 4 is 11.9 Å². The number of rotatable bonds is 7. The first-order valence-electron chi connectivity index (χ1n) is 6.83. The molecule has 0 spiro atoms. The van der Waals surface area contributed by atoms with E-state index in [9.17, 15) is 4.79 Å². The number of carbonyl (C=O) groups excluding carboxylic acids is 1. The highest BCUT2D eigenvalue weighted by molar-refractivity contribution is 5.90. The van der Waals surface area contributed by atoms with Gasteiger partial charge >= 0.3 is 6.01 Å². The van der Waals surface area contributed by atoms with Gasteiger partial charge in [-0.2, -0.15) is 4.98 Å². The minimum Gasteiger partial charge on any atom is -0.428 e. The number of hydrogen-bond donors (Lipinski definition) is 1. The lowest BCUT2D eigenvalue weighted by atomic mass is 9.96. The molecule has 0 aliphatic carbocycles. The van der Waals surface area contributed by atoms with Crippen LogP contribution in [0.3, 0.4) is 0 Å². The van der Waals surface area contributed by atoms with E-state index in [1.165, 1.54) is 0 Å². The zero-order chi connectivity index (χ0) is 13.5. The summed E-state index contributed by atoms with van der Waals surface area (Å²) < 4.78 is 5.37. The fourth-order valence-electron chi connectivity index (χ4n) is 1.94. The van der Waals surface area contributed by atoms with Crippen LogP contribution in [0.2, 0.25) is 0 Å². The second-order valence-electron chi connectivity index (χ2n) is 4.78. The first kappa shape index (κ1) is 14.7. The third-order valence-corrected chi connectivity index (χ3v) is 3.17. The Hall–Kier alpha value is -1.32. The molecule has 1 heterocycles. The second-order valence-corrected chi connectivity index (χ2v) is 4.78. The molecule has 1 N–H and O–H groups in total. The summed E-state index contributed by atoms with van der Waals surface area (Å²) in [7, 11) is 0. The van der Waals surface area contributed by atoms with E-state index in [4.69, 9.17) is 4.42 Å². The Bertz CT molecular complexity index is 366. The molecule has 0 aliphatic heterocycles. The van der Waals surface area contributed by atoms with Crippen LogP contribution in [0.4, 0.5) is 6.01 Å². The maximum Gasteiger partial charge on any atom is 0.301 e. The van der Waals surface area contributed by atoms with E-state index in [0.717, 1.165) is 43.6 Å². The number of nitrogens with one attached hydrogen (secondary N) is 1. The highest BCUT2D eigenvalue weighted by atomic mass is 16.4. The van der Waals surface area contributed by atoms with Gasteiger partial charge in [-0.1, -0.05) is 33.1 Å². The van der Waals surface area contributed by atoms with Gasteiger partial charge < -0.3 is 4.42 Å². The molecule has 0 aliphatic rings. The number of unbranched alkanes of at least 4 members (excludes halogenated alkanes) is 1. The molecule has 1 amide bonds. The van der Waals surface area contributed by atoms with Gasteiger partial charge in [0.1, 0.15) is 5.76 Å². The lowest BCUT2D eigenvalue weighted by molar-refractivity contribution is -0.120. The van der Waals surface area contributed by atoms with Crippen molar-refractivity contribution in [2.75, 3.05) is 5.32 Å². The second kappa shape index (κ2) is 7.19. The van der Waals surface area contributed by atoms with Gasteiger partial charge in [-0.3, -0.25) is 10.1 Å². The van der Waals surface area contributed by atoms with Crippen molar-refractivity contribution in [2.45, 2.75) is 59.8 Å². The van der Waals surface area contributed by atoms with E-state index in [2.05, 4.69) is 24.1 Å². The number of nitrogens with zero attached hydrogens (tertiary/aromatic N) is 1. The fraction of sp³-hybridized carbons (Fsp3) is 0.714. The average molecular weight is 252 g/mol. The molecular formula is C14H24N2O2. The van der Waals surface area contributed by atoms with Gasteiger partial charge in [0.25, 0.3) is 0 Å². The number of carbonyl (C=O) groups is 1. The summed E-state index contributed by atoms with van der Waals surface area (Å²) >= 11 is 0. The van der Waals surface area contributed by atoms with Crippen molar-refractivity contribution in [1.29, 1.82) is 0 Å². The van der Waals surface area contributed by atoms with Gasteiger partial charge in [0.05, 0.1) is 5.69 Å². The predicted molar refractivity (Wildman–Crippen MR) is 72.5 cm³/mol. The summed E-state index contributed by atoms with van der Waals surface area (Å²) in [6.07, 6.45) is 5.08. The number of amides is 1. The standard InChI is InChI=1S/C14H24N2O2/c1-5-7-9-12(8-6-2)13(17)16-14-15-10(3)11(4)18-14/h12H,5-9H2,1-4H3,(H,15,16,17). The van der Waals surface area contributed by atoms with Gasteiger partial charge in [-0.25, -0.2) is 0 Å². The van der Waals surface area contributed by atoms with Crippen LogP contribution in [-0.4, -0.2) is 10.9 Å². The van der Waals surface area contributed by atoms with Crippen LogP contribution >= 0.6 is 0 Å². The van der Waals surface area contributed by atoms with Crippen LogP contribution in [0.1, 0.15) is 57.4 Å². The molecule has 1 rings (SSSR count). The van der Waals surface area contributed by atoms with E-state index in [1.54, 1.807) is 0 Å². The first-order valence-corrected chi connectivity index (χ1v) is 6.83. The third kappa shape index (κ3) is 4.17. The lowest BCUT2D eigenvalue weighted by Gasteiger charge is -2.13. The Morgan fingerprint density at radius 2 is 2.00 bits per heavy atom. The average Bonchev–Trinajstić information content (AvgIpc) is 2.63. The zero-order valence-corrected chi connectivity index (χ0v) is 11.9. The summed E-state index contributed by atoms with van der Waals surface area (Å²) in [6, 6.07) is 0.326. The van der Waals surface area contributed by atoms with E-state index in [0.29, 0.717) is 6.01 Å². The van der Waals surface area contributed by atoms with Crippen molar-refractivity contribution < 1.29 is 9.21 Å². The Morgan fingerprint density at radius 1 is 1.28 bits per heavy atom. The molecule has 0 aromatic carbocycles. The molecule has 1 unspecified atom stereocenters. The van der Waals surface area contributed by atoms with Crippen LogP contribution in [-0.2, 0) is 4.79 Å². The smallest absolute Gasteiger partial charge is 0.301 e. The Morgan fingerprint density at radius 3 is 2.50 bits per heavy atom. The van der Waals surface area contributed by atoms with Crippen LogP contribution in [0, 0.1) is 19.8 Å². The quantitative estimate of drug-likeness (QED) is 0.802. The minimum atomic E-state index is 0.0338. The molecule has 102 valence electrons. The molecule has 4 nitrogen and oxygen atoms in total. The zero-order valence-electron chi connectivity index (χ0n) is 11.9. The van der Waals surface area contributed by atoms with Crippen molar-refractivity contribution in [2.24, 2.45) is 5.92 Å². The molecule has 1 aromatic rings. The fourth-order valence-corrected chi connectivity index (χ4v) is 1.94. The molecule has 0 saturated carbocycles. The highest BCUT2D eigenvalue weighted by Gasteiger charge is 2.19. The van der Waals surface area contributed by atoms with Crippen molar-refractivity contribution in [1.82, 2.24) is 4.98 Å². The maximum atomic E-state index is 12.1. The van der Waals surface area contributed by atoms with Crippen LogP contribution in [0.5, 0.6) is 0 Å². The Labute approximate surface area is 109 Å². The number of aromatic nitrogens is 1. The van der Waals surface area contributed by atoms with Crippen molar-refractivity contribution in [3.8, 4) is 0 Å². The topological polar surface area (TPSA) is 55.1 Å². The Kier molecular flexibility index (Phi) is 5.89. The molecule has 0 radical (unpaired) electrons. The third-order valence-electron chi connectivity index (χ3n) is 3.17. The van der Waals surface area contributed by atoms with E-state index >= 15 is 0 Å². The molecule has 1 aromatic heterocycles. The monoisotopic (exact) mass is 252 g/mol. The van der Waals surface area contributed by atoms with Crippen LogP contribution in [0.15, 0.2) is 4.42 Å². The summed E-state index contributed by atoms with van der Waals surface area (Å²) in [5.74, 6) is 0.861. The van der Waals surface area contributed by atoms with E-state index in [1.807, 2.05) is 13.8 Å². The van der Waals surface area contributed by atoms with Gasteiger partial charge in [0.2, 0.25) is 5.91 Å². The summed E-state index contributed by atoms with van der Waals surface area (Å²) in [5, 5.41) is 2.78. The first-order chi connectivity index (χ1) is 8.58. The number of anilines is 1. The maximum absolute atomic E-state index is 12.1. The molecule has 0 saturated heterocycles. The van der Waals surface area contributed by atoms with E-state index in [-0.39, 0.29) is 11.8 Å². The van der Waals surface area contributed by atoms with Crippen molar-refractivity contribution in [3.63, 3.8) is 0 Å². The normalized spacial score (nSPS) is 12.4. The molecule has 4 heteroatoms.